The van der Waals surface area contributed by atoms with Crippen molar-refractivity contribution in [2.75, 3.05) is 36.5 Å². The molecule has 3 aromatic rings. The van der Waals surface area contributed by atoms with E-state index in [2.05, 4.69) is 46.6 Å². The predicted molar refractivity (Wildman–Crippen MR) is 159 cm³/mol. The molecule has 8 nitrogen and oxygen atoms in total. The quantitative estimate of drug-likeness (QED) is 0.300. The van der Waals surface area contributed by atoms with Gasteiger partial charge in [0.2, 0.25) is 5.95 Å². The summed E-state index contributed by atoms with van der Waals surface area (Å²) in [5.74, 6) is 2.32. The lowest BCUT2D eigenvalue weighted by Gasteiger charge is -2.30. The van der Waals surface area contributed by atoms with Crippen molar-refractivity contribution in [3.63, 3.8) is 0 Å². The summed E-state index contributed by atoms with van der Waals surface area (Å²) in [6.45, 7) is 12.1. The van der Waals surface area contributed by atoms with E-state index >= 15 is 0 Å². The van der Waals surface area contributed by atoms with Crippen LogP contribution in [0, 0.1) is 13.8 Å². The molecule has 0 unspecified atom stereocenters. The topological polar surface area (TPSA) is 96.5 Å². The van der Waals surface area contributed by atoms with Crippen LogP contribution in [0.5, 0.6) is 5.75 Å². The molecule has 1 aliphatic rings. The number of nitrogens with one attached hydrogen (secondary N) is 2. The van der Waals surface area contributed by atoms with Crippen molar-refractivity contribution in [2.45, 2.75) is 70.8 Å². The fraction of sp³-hybridized carbons (Fsp3) is 0.467. The second kappa shape index (κ2) is 12.3. The summed E-state index contributed by atoms with van der Waals surface area (Å²) in [5.41, 5.74) is 4.65. The molecule has 2 N–H and O–H groups in total. The molecule has 4 rings (SSSR count). The summed E-state index contributed by atoms with van der Waals surface area (Å²) < 4.78 is 31.9. The Bertz CT molecular complexity index is 1400. The van der Waals surface area contributed by atoms with E-state index in [0.717, 1.165) is 42.9 Å². The molecule has 1 saturated heterocycles. The molecule has 0 saturated carbocycles. The Morgan fingerprint density at radius 1 is 1.05 bits per heavy atom. The van der Waals surface area contributed by atoms with Gasteiger partial charge in [-0.05, 0) is 108 Å². The molecule has 39 heavy (non-hydrogen) atoms. The zero-order valence-electron chi connectivity index (χ0n) is 23.9. The first kappa shape index (κ1) is 28.8. The van der Waals surface area contributed by atoms with Gasteiger partial charge in [-0.3, -0.25) is 0 Å². The average molecular weight is 552 g/mol. The van der Waals surface area contributed by atoms with Gasteiger partial charge in [0.15, 0.2) is 9.84 Å². The number of benzene rings is 2. The van der Waals surface area contributed by atoms with E-state index in [1.165, 1.54) is 11.1 Å². The number of nitrogens with zero attached hydrogens (tertiary/aromatic N) is 3. The third-order valence-corrected chi connectivity index (χ3v) is 9.03. The normalized spacial score (nSPS) is 14.9. The molecule has 9 heteroatoms. The van der Waals surface area contributed by atoms with Gasteiger partial charge >= 0.3 is 0 Å². The van der Waals surface area contributed by atoms with Crippen LogP contribution in [0.4, 0.5) is 23.1 Å². The second-order valence-electron chi connectivity index (χ2n) is 10.7. The highest BCUT2D eigenvalue weighted by Gasteiger charge is 2.23. The monoisotopic (exact) mass is 551 g/mol. The van der Waals surface area contributed by atoms with Gasteiger partial charge in [-0.25, -0.2) is 13.4 Å². The third kappa shape index (κ3) is 7.08. The number of anilines is 4. The zero-order valence-corrected chi connectivity index (χ0v) is 24.7. The number of hydrogen-bond donors (Lipinski definition) is 2. The predicted octanol–water partition coefficient (Wildman–Crippen LogP) is 6.36. The lowest BCUT2D eigenvalue weighted by molar-refractivity contribution is 0.241. The van der Waals surface area contributed by atoms with Crippen LogP contribution in [-0.2, 0) is 9.84 Å². The minimum atomic E-state index is -3.41. The summed E-state index contributed by atoms with van der Waals surface area (Å²) in [6.07, 6.45) is 4.56. The highest BCUT2D eigenvalue weighted by Crippen LogP contribution is 2.38. The van der Waals surface area contributed by atoms with E-state index in [-0.39, 0.29) is 16.8 Å². The van der Waals surface area contributed by atoms with E-state index in [9.17, 15) is 8.42 Å². The van der Waals surface area contributed by atoms with Crippen LogP contribution >= 0.6 is 0 Å². The van der Waals surface area contributed by atoms with E-state index in [1.807, 2.05) is 33.8 Å². The van der Waals surface area contributed by atoms with E-state index in [0.29, 0.717) is 29.8 Å². The minimum Gasteiger partial charge on any atom is -0.489 e. The maximum Gasteiger partial charge on any atom is 0.229 e. The Balaban J connectivity index is 1.64. The number of hydrogen-bond acceptors (Lipinski definition) is 8. The first-order valence-corrected chi connectivity index (χ1v) is 15.4. The number of para-hydroxylation sites is 1. The van der Waals surface area contributed by atoms with Crippen LogP contribution in [-0.4, -0.2) is 55.3 Å². The van der Waals surface area contributed by atoms with E-state index < -0.39 is 9.84 Å². The molecule has 0 radical (unpaired) electrons. The van der Waals surface area contributed by atoms with Gasteiger partial charge in [-0.2, -0.15) is 4.98 Å². The van der Waals surface area contributed by atoms with Crippen molar-refractivity contribution >= 4 is 33.0 Å². The SMILES string of the molecule is CCCS(=O)(=O)c1ccccc1Nc1nc(Nc2cc(C)c(C3CCN(C)CC3)cc2OC(C)C)ncc1C. The fourth-order valence-corrected chi connectivity index (χ4v) is 6.51. The largest absolute Gasteiger partial charge is 0.489 e. The summed E-state index contributed by atoms with van der Waals surface area (Å²) in [6, 6.07) is 11.2. The fourth-order valence-electron chi connectivity index (χ4n) is 5.01. The van der Waals surface area contributed by atoms with Crippen LogP contribution in [0.15, 0.2) is 47.5 Å². The maximum absolute atomic E-state index is 12.9. The maximum atomic E-state index is 12.9. The Labute approximate surface area is 233 Å². The molecule has 0 bridgehead atoms. The van der Waals surface area contributed by atoms with Gasteiger partial charge < -0.3 is 20.3 Å². The third-order valence-electron chi connectivity index (χ3n) is 7.06. The summed E-state index contributed by atoms with van der Waals surface area (Å²) in [4.78, 5) is 11.9. The molecule has 1 aliphatic heterocycles. The number of ether oxygens (including phenoxy) is 1. The van der Waals surface area contributed by atoms with Gasteiger partial charge in [-0.1, -0.05) is 19.1 Å². The molecule has 0 amide bonds. The van der Waals surface area contributed by atoms with Crippen LogP contribution < -0.4 is 15.4 Å². The van der Waals surface area contributed by atoms with Crippen molar-refractivity contribution in [3.8, 4) is 5.75 Å². The molecule has 0 spiro atoms. The van der Waals surface area contributed by atoms with Gasteiger partial charge in [0.25, 0.3) is 0 Å². The molecular formula is C30H41N5O3S. The van der Waals surface area contributed by atoms with E-state index in [1.54, 1.807) is 24.4 Å². The van der Waals surface area contributed by atoms with Crippen molar-refractivity contribution in [3.05, 3.63) is 59.3 Å². The summed E-state index contributed by atoms with van der Waals surface area (Å²) >= 11 is 0. The lowest BCUT2D eigenvalue weighted by atomic mass is 9.86. The van der Waals surface area contributed by atoms with Gasteiger partial charge in [0.1, 0.15) is 11.6 Å². The van der Waals surface area contributed by atoms with Crippen molar-refractivity contribution in [2.24, 2.45) is 0 Å². The molecule has 2 aromatic carbocycles. The first-order valence-electron chi connectivity index (χ1n) is 13.8. The molecule has 210 valence electrons. The standard InChI is InChI=1S/C30H41N5O3S/c1-7-16-39(36,37)28-11-9-8-10-25(28)32-29-22(5)19-31-30(34-29)33-26-17-21(4)24(18-27(26)38-20(2)3)23-12-14-35(6)15-13-23/h8-11,17-20,23H,7,12-16H2,1-6H3,(H2,31,32,33,34). The number of rotatable bonds is 10. The number of aromatic nitrogens is 2. The number of aryl methyl sites for hydroxylation is 2. The van der Waals surface area contributed by atoms with Crippen molar-refractivity contribution < 1.29 is 13.2 Å². The number of piperidine rings is 1. The second-order valence-corrected chi connectivity index (χ2v) is 12.8. The first-order chi connectivity index (χ1) is 18.6. The minimum absolute atomic E-state index is 0.0105. The highest BCUT2D eigenvalue weighted by atomic mass is 32.2. The van der Waals surface area contributed by atoms with Crippen LogP contribution in [0.2, 0.25) is 0 Å². The summed E-state index contributed by atoms with van der Waals surface area (Å²) in [5, 5.41) is 6.60. The van der Waals surface area contributed by atoms with Crippen LogP contribution in [0.3, 0.4) is 0 Å². The Hall–Kier alpha value is -3.17. The molecule has 1 aromatic heterocycles. The number of likely N-dealkylation sites (tertiary alicyclic amines) is 1. The van der Waals surface area contributed by atoms with Crippen LogP contribution in [0.1, 0.15) is 62.6 Å². The van der Waals surface area contributed by atoms with E-state index in [4.69, 9.17) is 9.72 Å². The van der Waals surface area contributed by atoms with Gasteiger partial charge in [-0.15, -0.1) is 0 Å². The molecule has 2 heterocycles. The summed E-state index contributed by atoms with van der Waals surface area (Å²) in [7, 11) is -1.23. The zero-order chi connectivity index (χ0) is 28.2. The molecular weight excluding hydrogens is 510 g/mol. The van der Waals surface area contributed by atoms with Gasteiger partial charge in [0, 0.05) is 11.8 Å². The molecule has 0 atom stereocenters. The van der Waals surface area contributed by atoms with Crippen molar-refractivity contribution in [1.29, 1.82) is 0 Å². The van der Waals surface area contributed by atoms with Crippen LogP contribution in [0.25, 0.3) is 0 Å². The smallest absolute Gasteiger partial charge is 0.229 e. The molecule has 0 aliphatic carbocycles. The van der Waals surface area contributed by atoms with Gasteiger partial charge in [0.05, 0.1) is 28.1 Å². The highest BCUT2D eigenvalue weighted by molar-refractivity contribution is 7.91. The molecule has 1 fully saturated rings. The Morgan fingerprint density at radius 2 is 1.77 bits per heavy atom. The van der Waals surface area contributed by atoms with Crippen molar-refractivity contribution in [1.82, 2.24) is 14.9 Å². The number of sulfone groups is 1. The lowest BCUT2D eigenvalue weighted by Crippen LogP contribution is -2.29. The average Bonchev–Trinajstić information content (AvgIpc) is 2.88. The Morgan fingerprint density at radius 3 is 2.46 bits per heavy atom. The Kier molecular flexibility index (Phi) is 9.12.